The maximum Gasteiger partial charge on any atom is 0.328 e. The van der Waals surface area contributed by atoms with Crippen LogP contribution in [0.25, 0.3) is 6.08 Å². The average molecular weight is 398 g/mol. The molecule has 2 aromatic carbocycles. The number of carbonyl (C=O) groups is 1. The van der Waals surface area contributed by atoms with Crippen LogP contribution in [0, 0.1) is 0 Å². The maximum absolute atomic E-state index is 10.5. The first kappa shape index (κ1) is 14.8. The lowest BCUT2D eigenvalue weighted by Gasteiger charge is -2.08. The largest absolute Gasteiger partial charge is 0.478 e. The molecule has 2 rings (SSSR count). The van der Waals surface area contributed by atoms with E-state index in [1.165, 1.54) is 6.08 Å². The van der Waals surface area contributed by atoms with Crippen LogP contribution in [0.4, 0.5) is 0 Å². The Morgan fingerprint density at radius 2 is 1.95 bits per heavy atom. The molecule has 0 saturated carbocycles. The monoisotopic (exact) mass is 396 g/mol. The van der Waals surface area contributed by atoms with Crippen molar-refractivity contribution in [2.75, 3.05) is 0 Å². The summed E-state index contributed by atoms with van der Waals surface area (Å²) < 4.78 is 7.55. The number of carboxylic acids is 1. The van der Waals surface area contributed by atoms with E-state index in [4.69, 9.17) is 9.84 Å². The molecule has 102 valence electrons. The molecule has 0 spiro atoms. The molecule has 0 aliphatic carbocycles. The second-order valence-electron chi connectivity index (χ2n) is 3.92. The smallest absolute Gasteiger partial charge is 0.328 e. The fourth-order valence-electron chi connectivity index (χ4n) is 1.53. The average Bonchev–Trinajstić information content (AvgIpc) is 2.40. The van der Waals surface area contributed by atoms with Gasteiger partial charge in [-0.2, -0.15) is 0 Å². The third-order valence-electron chi connectivity index (χ3n) is 2.40. The minimum Gasteiger partial charge on any atom is -0.478 e. The highest BCUT2D eigenvalue weighted by Gasteiger charge is 2.03. The Bertz CT molecular complexity index is 666. The molecule has 0 unspecified atom stereocenters. The number of carboxylic acid groups (broad SMARTS) is 1. The minimum atomic E-state index is -0.980. The quantitative estimate of drug-likeness (QED) is 0.730. The van der Waals surface area contributed by atoms with Gasteiger partial charge in [-0.1, -0.05) is 28.1 Å². The topological polar surface area (TPSA) is 46.5 Å². The third-order valence-corrected chi connectivity index (χ3v) is 3.51. The van der Waals surface area contributed by atoms with Crippen molar-refractivity contribution < 1.29 is 14.6 Å². The van der Waals surface area contributed by atoms with Crippen LogP contribution in [0.15, 0.2) is 57.5 Å². The fraction of sp³-hybridized carbons (Fsp3) is 0. The Labute approximate surface area is 133 Å². The van der Waals surface area contributed by atoms with Crippen molar-refractivity contribution >= 4 is 43.9 Å². The van der Waals surface area contributed by atoms with Gasteiger partial charge in [-0.3, -0.25) is 0 Å². The number of halogens is 2. The Morgan fingerprint density at radius 1 is 1.15 bits per heavy atom. The Balaban J connectivity index is 2.21. The second-order valence-corrected chi connectivity index (χ2v) is 5.69. The number of hydrogen-bond acceptors (Lipinski definition) is 2. The van der Waals surface area contributed by atoms with Gasteiger partial charge in [0.25, 0.3) is 0 Å². The van der Waals surface area contributed by atoms with E-state index in [9.17, 15) is 4.79 Å². The summed E-state index contributed by atoms with van der Waals surface area (Å²) in [5.74, 6) is 0.347. The lowest BCUT2D eigenvalue weighted by atomic mass is 10.2. The van der Waals surface area contributed by atoms with Gasteiger partial charge in [0.1, 0.15) is 11.5 Å². The van der Waals surface area contributed by atoms with E-state index in [0.717, 1.165) is 20.6 Å². The summed E-state index contributed by atoms with van der Waals surface area (Å²) in [5, 5.41) is 8.61. The molecular formula is C15H10Br2O3. The predicted octanol–water partition coefficient (Wildman–Crippen LogP) is 5.10. The molecule has 2 aromatic rings. The highest BCUT2D eigenvalue weighted by molar-refractivity contribution is 9.11. The fourth-order valence-corrected chi connectivity index (χ4v) is 2.66. The first-order chi connectivity index (χ1) is 9.54. The third kappa shape index (κ3) is 4.21. The van der Waals surface area contributed by atoms with Crippen molar-refractivity contribution in [1.29, 1.82) is 0 Å². The number of hydrogen-bond donors (Lipinski definition) is 1. The summed E-state index contributed by atoms with van der Waals surface area (Å²) in [5.41, 5.74) is 0.762. The molecule has 0 aliphatic heterocycles. The van der Waals surface area contributed by atoms with E-state index >= 15 is 0 Å². The molecule has 0 heterocycles. The van der Waals surface area contributed by atoms with Crippen molar-refractivity contribution in [3.63, 3.8) is 0 Å². The van der Waals surface area contributed by atoms with Gasteiger partial charge in [0, 0.05) is 10.5 Å². The van der Waals surface area contributed by atoms with Crippen LogP contribution >= 0.6 is 31.9 Å². The maximum atomic E-state index is 10.5. The minimum absolute atomic E-state index is 0.639. The number of benzene rings is 2. The van der Waals surface area contributed by atoms with Crippen LogP contribution in [-0.2, 0) is 4.79 Å². The van der Waals surface area contributed by atoms with Gasteiger partial charge >= 0.3 is 5.97 Å². The standard InChI is InChI=1S/C15H10Br2O3/c16-11-5-6-14(13(17)9-11)20-12-3-1-2-10(8-12)4-7-15(18)19/h1-9H,(H,18,19). The van der Waals surface area contributed by atoms with Gasteiger partial charge < -0.3 is 9.84 Å². The molecule has 0 amide bonds. The summed E-state index contributed by atoms with van der Waals surface area (Å²) in [6.07, 6.45) is 2.61. The van der Waals surface area contributed by atoms with Crippen molar-refractivity contribution in [3.05, 3.63) is 63.0 Å². The van der Waals surface area contributed by atoms with E-state index < -0.39 is 5.97 Å². The van der Waals surface area contributed by atoms with Crippen LogP contribution in [0.5, 0.6) is 11.5 Å². The molecular weight excluding hydrogens is 388 g/mol. The molecule has 1 N–H and O–H groups in total. The molecule has 0 aliphatic rings. The highest BCUT2D eigenvalue weighted by atomic mass is 79.9. The van der Waals surface area contributed by atoms with Crippen molar-refractivity contribution in [3.8, 4) is 11.5 Å². The number of ether oxygens (including phenoxy) is 1. The summed E-state index contributed by atoms with van der Waals surface area (Å²) >= 11 is 6.80. The highest BCUT2D eigenvalue weighted by Crippen LogP contribution is 2.32. The SMILES string of the molecule is O=C(O)C=Cc1cccc(Oc2ccc(Br)cc2Br)c1. The van der Waals surface area contributed by atoms with Gasteiger partial charge in [-0.15, -0.1) is 0 Å². The zero-order chi connectivity index (χ0) is 14.5. The van der Waals surface area contributed by atoms with E-state index in [2.05, 4.69) is 31.9 Å². The summed E-state index contributed by atoms with van der Waals surface area (Å²) in [4.78, 5) is 10.5. The van der Waals surface area contributed by atoms with Gasteiger partial charge in [0.15, 0.2) is 0 Å². The van der Waals surface area contributed by atoms with Gasteiger partial charge in [0.05, 0.1) is 4.47 Å². The molecule has 5 heteroatoms. The van der Waals surface area contributed by atoms with Crippen molar-refractivity contribution in [1.82, 2.24) is 0 Å². The molecule has 0 atom stereocenters. The lowest BCUT2D eigenvalue weighted by molar-refractivity contribution is -0.131. The van der Waals surface area contributed by atoms with E-state index in [1.807, 2.05) is 36.4 Å². The molecule has 0 aromatic heterocycles. The first-order valence-corrected chi connectivity index (χ1v) is 7.27. The number of rotatable bonds is 4. The van der Waals surface area contributed by atoms with Crippen LogP contribution in [-0.4, -0.2) is 11.1 Å². The Morgan fingerprint density at radius 3 is 2.65 bits per heavy atom. The van der Waals surface area contributed by atoms with E-state index in [1.54, 1.807) is 6.07 Å². The summed E-state index contributed by atoms with van der Waals surface area (Å²) in [6, 6.07) is 12.8. The summed E-state index contributed by atoms with van der Waals surface area (Å²) in [6.45, 7) is 0. The Kier molecular flexibility index (Phi) is 4.98. The van der Waals surface area contributed by atoms with Crippen molar-refractivity contribution in [2.24, 2.45) is 0 Å². The second kappa shape index (κ2) is 6.72. The van der Waals surface area contributed by atoms with Gasteiger partial charge in [-0.05, 0) is 57.9 Å². The predicted molar refractivity (Wildman–Crippen MR) is 85.0 cm³/mol. The lowest BCUT2D eigenvalue weighted by Crippen LogP contribution is -1.87. The molecule has 3 nitrogen and oxygen atoms in total. The molecule has 0 fully saturated rings. The van der Waals surface area contributed by atoms with E-state index in [0.29, 0.717) is 11.5 Å². The van der Waals surface area contributed by atoms with Crippen LogP contribution in [0.2, 0.25) is 0 Å². The van der Waals surface area contributed by atoms with Gasteiger partial charge in [0.2, 0.25) is 0 Å². The Hall–Kier alpha value is -1.59. The summed E-state index contributed by atoms with van der Waals surface area (Å²) in [7, 11) is 0. The molecule has 0 bridgehead atoms. The molecule has 0 saturated heterocycles. The van der Waals surface area contributed by atoms with Crippen LogP contribution < -0.4 is 4.74 Å². The normalized spacial score (nSPS) is 10.7. The van der Waals surface area contributed by atoms with Crippen LogP contribution in [0.3, 0.4) is 0 Å². The van der Waals surface area contributed by atoms with Gasteiger partial charge in [-0.25, -0.2) is 4.79 Å². The van der Waals surface area contributed by atoms with Crippen molar-refractivity contribution in [2.45, 2.75) is 0 Å². The number of aliphatic carboxylic acids is 1. The molecule has 0 radical (unpaired) electrons. The molecule has 20 heavy (non-hydrogen) atoms. The van der Waals surface area contributed by atoms with Crippen LogP contribution in [0.1, 0.15) is 5.56 Å². The zero-order valence-electron chi connectivity index (χ0n) is 10.2. The van der Waals surface area contributed by atoms with E-state index in [-0.39, 0.29) is 0 Å². The first-order valence-electron chi connectivity index (χ1n) is 5.68. The zero-order valence-corrected chi connectivity index (χ0v) is 13.4.